The molecule has 106 valence electrons. The van der Waals surface area contributed by atoms with Gasteiger partial charge in [0.1, 0.15) is 0 Å². The summed E-state index contributed by atoms with van der Waals surface area (Å²) in [4.78, 5) is 5.32. The van der Waals surface area contributed by atoms with Crippen molar-refractivity contribution >= 4 is 0 Å². The summed E-state index contributed by atoms with van der Waals surface area (Å²) >= 11 is 0. The maximum atomic E-state index is 5.43. The highest BCUT2D eigenvalue weighted by Gasteiger charge is 2.33. The van der Waals surface area contributed by atoms with Gasteiger partial charge in [0, 0.05) is 51.4 Å². The minimum absolute atomic E-state index is 0.787. The lowest BCUT2D eigenvalue weighted by atomic mass is 9.94. The van der Waals surface area contributed by atoms with Crippen LogP contribution in [0.4, 0.5) is 0 Å². The Morgan fingerprint density at radius 3 is 2.44 bits per heavy atom. The molecule has 0 aliphatic carbocycles. The van der Waals surface area contributed by atoms with E-state index in [1.165, 1.54) is 39.0 Å². The number of ether oxygens (including phenoxy) is 1. The van der Waals surface area contributed by atoms with Crippen LogP contribution in [-0.2, 0) is 4.74 Å². The Morgan fingerprint density at radius 1 is 0.944 bits per heavy atom. The zero-order valence-corrected chi connectivity index (χ0v) is 12.0. The fourth-order valence-corrected chi connectivity index (χ4v) is 3.35. The second-order valence-corrected chi connectivity index (χ2v) is 5.22. The number of hydrogen-bond acceptors (Lipinski definition) is 4. The first-order chi connectivity index (χ1) is 8.93. The van der Waals surface area contributed by atoms with Crippen molar-refractivity contribution in [3.05, 3.63) is 0 Å². The Labute approximate surface area is 112 Å². The summed E-state index contributed by atoms with van der Waals surface area (Å²) in [6, 6.07) is 1.60. The highest BCUT2D eigenvalue weighted by molar-refractivity contribution is 4.90. The number of morpholine rings is 1. The van der Waals surface area contributed by atoms with Crippen LogP contribution >= 0.6 is 0 Å². The van der Waals surface area contributed by atoms with Crippen molar-refractivity contribution in [3.63, 3.8) is 0 Å². The third-order valence-electron chi connectivity index (χ3n) is 4.33. The fourth-order valence-electron chi connectivity index (χ4n) is 3.35. The van der Waals surface area contributed by atoms with E-state index in [0.717, 1.165) is 38.4 Å². The number of hydrogen-bond donors (Lipinski definition) is 1. The van der Waals surface area contributed by atoms with Gasteiger partial charge in [-0.1, -0.05) is 13.8 Å². The number of rotatable bonds is 1. The van der Waals surface area contributed by atoms with E-state index in [4.69, 9.17) is 4.74 Å². The lowest BCUT2D eigenvalue weighted by Crippen LogP contribution is -2.58. The van der Waals surface area contributed by atoms with Gasteiger partial charge < -0.3 is 10.1 Å². The molecular weight excluding hydrogens is 226 g/mol. The summed E-state index contributed by atoms with van der Waals surface area (Å²) in [5.41, 5.74) is 0. The SMILES string of the molecule is C1CN2CCC(N3CCOCC3)CC2CN1.CC. The van der Waals surface area contributed by atoms with Crippen LogP contribution < -0.4 is 5.32 Å². The van der Waals surface area contributed by atoms with E-state index < -0.39 is 0 Å². The molecule has 3 rings (SSSR count). The van der Waals surface area contributed by atoms with Crippen molar-refractivity contribution in [2.24, 2.45) is 0 Å². The molecule has 0 aromatic rings. The van der Waals surface area contributed by atoms with Crippen LogP contribution in [0.1, 0.15) is 26.7 Å². The molecule has 2 unspecified atom stereocenters. The maximum Gasteiger partial charge on any atom is 0.0594 e. The van der Waals surface area contributed by atoms with E-state index in [0.29, 0.717) is 0 Å². The smallest absolute Gasteiger partial charge is 0.0594 e. The number of piperidine rings is 1. The molecule has 4 nitrogen and oxygen atoms in total. The van der Waals surface area contributed by atoms with Crippen molar-refractivity contribution in [1.82, 2.24) is 15.1 Å². The van der Waals surface area contributed by atoms with Gasteiger partial charge in [-0.25, -0.2) is 0 Å². The molecule has 1 N–H and O–H groups in total. The molecule has 0 saturated carbocycles. The van der Waals surface area contributed by atoms with Crippen LogP contribution in [0.25, 0.3) is 0 Å². The predicted octanol–water partition coefficient (Wildman–Crippen LogP) is 0.781. The lowest BCUT2D eigenvalue weighted by Gasteiger charge is -2.46. The molecule has 3 fully saturated rings. The summed E-state index contributed by atoms with van der Waals surface area (Å²) in [7, 11) is 0. The summed E-state index contributed by atoms with van der Waals surface area (Å²) in [5.74, 6) is 0. The Kier molecular flexibility index (Phi) is 5.89. The second-order valence-electron chi connectivity index (χ2n) is 5.22. The van der Waals surface area contributed by atoms with Crippen LogP contribution in [0.15, 0.2) is 0 Å². The quantitative estimate of drug-likeness (QED) is 0.749. The van der Waals surface area contributed by atoms with E-state index in [1.807, 2.05) is 13.8 Å². The summed E-state index contributed by atoms with van der Waals surface area (Å²) in [6.07, 6.45) is 2.71. The van der Waals surface area contributed by atoms with Gasteiger partial charge in [0.05, 0.1) is 13.2 Å². The zero-order valence-electron chi connectivity index (χ0n) is 12.0. The topological polar surface area (TPSA) is 27.7 Å². The van der Waals surface area contributed by atoms with E-state index in [9.17, 15) is 0 Å². The molecule has 18 heavy (non-hydrogen) atoms. The first-order valence-corrected chi connectivity index (χ1v) is 7.70. The molecule has 3 saturated heterocycles. The van der Waals surface area contributed by atoms with E-state index in [-0.39, 0.29) is 0 Å². The van der Waals surface area contributed by atoms with E-state index in [2.05, 4.69) is 15.1 Å². The molecule has 3 aliphatic rings. The van der Waals surface area contributed by atoms with Gasteiger partial charge in [-0.3, -0.25) is 9.80 Å². The van der Waals surface area contributed by atoms with Gasteiger partial charge in [0.25, 0.3) is 0 Å². The molecule has 3 aliphatic heterocycles. The molecule has 0 bridgehead atoms. The number of nitrogens with zero attached hydrogens (tertiary/aromatic N) is 2. The lowest BCUT2D eigenvalue weighted by molar-refractivity contribution is -0.0134. The largest absolute Gasteiger partial charge is 0.379 e. The van der Waals surface area contributed by atoms with Crippen LogP contribution in [-0.4, -0.2) is 74.4 Å². The monoisotopic (exact) mass is 255 g/mol. The Hall–Kier alpha value is -0.160. The standard InChI is InChI=1S/C12H23N3O.C2H6/c1-3-14-4-2-13-10-12(14)9-11(1)15-5-7-16-8-6-15;1-2/h11-13H,1-10H2;1-2H3. The van der Waals surface area contributed by atoms with Crippen LogP contribution in [0.5, 0.6) is 0 Å². The highest BCUT2D eigenvalue weighted by Crippen LogP contribution is 2.23. The number of nitrogens with one attached hydrogen (secondary N) is 1. The molecule has 4 heteroatoms. The number of piperazine rings is 1. The van der Waals surface area contributed by atoms with Gasteiger partial charge >= 0.3 is 0 Å². The average molecular weight is 255 g/mol. The van der Waals surface area contributed by atoms with Gasteiger partial charge in [0.15, 0.2) is 0 Å². The van der Waals surface area contributed by atoms with Gasteiger partial charge in [0.2, 0.25) is 0 Å². The first-order valence-electron chi connectivity index (χ1n) is 7.70. The molecule has 0 aromatic heterocycles. The van der Waals surface area contributed by atoms with Crippen LogP contribution in [0.2, 0.25) is 0 Å². The molecule has 0 amide bonds. The molecule has 0 spiro atoms. The maximum absolute atomic E-state index is 5.43. The van der Waals surface area contributed by atoms with Crippen molar-refractivity contribution in [2.75, 3.05) is 52.5 Å². The molecule has 3 heterocycles. The predicted molar refractivity (Wildman–Crippen MR) is 75.0 cm³/mol. The number of fused-ring (bicyclic) bond motifs is 1. The summed E-state index contributed by atoms with van der Waals surface area (Å²) < 4.78 is 5.43. The van der Waals surface area contributed by atoms with E-state index in [1.54, 1.807) is 0 Å². The van der Waals surface area contributed by atoms with Crippen LogP contribution in [0.3, 0.4) is 0 Å². The molecule has 0 aromatic carbocycles. The molecule has 0 radical (unpaired) electrons. The Morgan fingerprint density at radius 2 is 1.67 bits per heavy atom. The van der Waals surface area contributed by atoms with Crippen LogP contribution in [0, 0.1) is 0 Å². The van der Waals surface area contributed by atoms with Gasteiger partial charge in [-0.05, 0) is 12.8 Å². The molecule has 2 atom stereocenters. The second kappa shape index (κ2) is 7.43. The summed E-state index contributed by atoms with van der Waals surface area (Å²) in [6.45, 7) is 13.1. The fraction of sp³-hybridized carbons (Fsp3) is 1.00. The third-order valence-corrected chi connectivity index (χ3v) is 4.33. The summed E-state index contributed by atoms with van der Waals surface area (Å²) in [5, 5.41) is 3.52. The van der Waals surface area contributed by atoms with Crippen molar-refractivity contribution in [3.8, 4) is 0 Å². The zero-order chi connectivity index (χ0) is 12.8. The van der Waals surface area contributed by atoms with Gasteiger partial charge in [-0.2, -0.15) is 0 Å². The van der Waals surface area contributed by atoms with Crippen molar-refractivity contribution in [2.45, 2.75) is 38.8 Å². The highest BCUT2D eigenvalue weighted by atomic mass is 16.5. The van der Waals surface area contributed by atoms with Crippen molar-refractivity contribution < 1.29 is 4.74 Å². The van der Waals surface area contributed by atoms with E-state index >= 15 is 0 Å². The first kappa shape index (κ1) is 14.3. The Bertz CT molecular complexity index is 228. The van der Waals surface area contributed by atoms with Gasteiger partial charge in [-0.15, -0.1) is 0 Å². The third kappa shape index (κ3) is 3.44. The minimum atomic E-state index is 0.787. The Balaban J connectivity index is 0.000000574. The van der Waals surface area contributed by atoms with Crippen molar-refractivity contribution in [1.29, 1.82) is 0 Å². The minimum Gasteiger partial charge on any atom is -0.379 e. The average Bonchev–Trinajstić information content (AvgIpc) is 2.50. The molecular formula is C14H29N3O. The normalized spacial score (nSPS) is 34.3.